The molecule has 0 fully saturated rings. The van der Waals surface area contributed by atoms with Crippen LogP contribution in [0, 0.1) is 5.41 Å². The van der Waals surface area contributed by atoms with E-state index in [-0.39, 0.29) is 11.2 Å². The molecule has 2 heteroatoms. The first-order chi connectivity index (χ1) is 6.08. The van der Waals surface area contributed by atoms with Crippen LogP contribution >= 0.6 is 0 Å². The van der Waals surface area contributed by atoms with Gasteiger partial charge in [0.1, 0.15) is 0 Å². The normalized spacial score (nSPS) is 17.6. The summed E-state index contributed by atoms with van der Waals surface area (Å²) in [6.45, 7) is 6.65. The Morgan fingerprint density at radius 3 is 2.77 bits per heavy atom. The highest BCUT2D eigenvalue weighted by Gasteiger charge is 2.29. The predicted octanol–water partition coefficient (Wildman–Crippen LogP) is 2.69. The van der Waals surface area contributed by atoms with E-state index in [1.54, 1.807) is 0 Å². The molecule has 1 rings (SSSR count). The van der Waals surface area contributed by atoms with E-state index in [0.29, 0.717) is 12.4 Å². The van der Waals surface area contributed by atoms with Crippen LogP contribution in [-0.4, -0.2) is 12.4 Å². The highest BCUT2D eigenvalue weighted by molar-refractivity contribution is 5.97. The van der Waals surface area contributed by atoms with Crippen LogP contribution in [0.5, 0.6) is 0 Å². The standard InChI is InChI=1S/C11H18O2/c1-4-11(2,3)10(12)9-7-5-6-8-13-9/h7H,4-6,8H2,1-3H3. The Morgan fingerprint density at radius 1 is 1.62 bits per heavy atom. The van der Waals surface area contributed by atoms with Gasteiger partial charge in [0, 0.05) is 5.41 Å². The molecule has 0 bridgehead atoms. The van der Waals surface area contributed by atoms with Crippen molar-refractivity contribution in [2.45, 2.75) is 40.0 Å². The minimum Gasteiger partial charge on any atom is -0.490 e. The molecule has 0 amide bonds. The van der Waals surface area contributed by atoms with Crippen molar-refractivity contribution >= 4 is 5.78 Å². The lowest BCUT2D eigenvalue weighted by atomic mass is 9.84. The van der Waals surface area contributed by atoms with Gasteiger partial charge in [-0.2, -0.15) is 0 Å². The number of hydrogen-bond donors (Lipinski definition) is 0. The molecule has 13 heavy (non-hydrogen) atoms. The number of Topliss-reactive ketones (excluding diaryl/α,β-unsaturated/α-hetero) is 1. The molecule has 0 unspecified atom stereocenters. The fourth-order valence-corrected chi connectivity index (χ4v) is 1.21. The number of hydrogen-bond acceptors (Lipinski definition) is 2. The number of carbonyl (C=O) groups excluding carboxylic acids is 1. The minimum atomic E-state index is -0.275. The molecule has 0 aromatic heterocycles. The van der Waals surface area contributed by atoms with E-state index in [9.17, 15) is 4.79 Å². The van der Waals surface area contributed by atoms with Crippen molar-refractivity contribution in [3.63, 3.8) is 0 Å². The summed E-state index contributed by atoms with van der Waals surface area (Å²) >= 11 is 0. The molecule has 74 valence electrons. The van der Waals surface area contributed by atoms with Crippen LogP contribution in [0.15, 0.2) is 11.8 Å². The summed E-state index contributed by atoms with van der Waals surface area (Å²) < 4.78 is 5.34. The van der Waals surface area contributed by atoms with Crippen molar-refractivity contribution in [2.75, 3.05) is 6.61 Å². The van der Waals surface area contributed by atoms with E-state index in [1.807, 2.05) is 26.8 Å². The number of ether oxygens (including phenoxy) is 1. The summed E-state index contributed by atoms with van der Waals surface area (Å²) in [5.74, 6) is 0.729. The molecule has 0 N–H and O–H groups in total. The van der Waals surface area contributed by atoms with Gasteiger partial charge in [-0.15, -0.1) is 0 Å². The highest BCUT2D eigenvalue weighted by Crippen LogP contribution is 2.27. The van der Waals surface area contributed by atoms with Gasteiger partial charge in [0.15, 0.2) is 5.76 Å². The van der Waals surface area contributed by atoms with Gasteiger partial charge in [0.2, 0.25) is 5.78 Å². The van der Waals surface area contributed by atoms with E-state index < -0.39 is 0 Å². The van der Waals surface area contributed by atoms with E-state index >= 15 is 0 Å². The molecular formula is C11H18O2. The summed E-state index contributed by atoms with van der Waals surface area (Å²) in [6.07, 6.45) is 4.78. The van der Waals surface area contributed by atoms with Gasteiger partial charge in [0.05, 0.1) is 6.61 Å². The summed E-state index contributed by atoms with van der Waals surface area (Å²) in [7, 11) is 0. The van der Waals surface area contributed by atoms with E-state index in [2.05, 4.69) is 0 Å². The Bertz CT molecular complexity index is 226. The Labute approximate surface area is 80.0 Å². The summed E-state index contributed by atoms with van der Waals surface area (Å²) in [6, 6.07) is 0. The topological polar surface area (TPSA) is 26.3 Å². The summed E-state index contributed by atoms with van der Waals surface area (Å²) in [5.41, 5.74) is -0.275. The predicted molar refractivity (Wildman–Crippen MR) is 52.3 cm³/mol. The fraction of sp³-hybridized carbons (Fsp3) is 0.727. The smallest absolute Gasteiger partial charge is 0.202 e. The minimum absolute atomic E-state index is 0.148. The zero-order valence-electron chi connectivity index (χ0n) is 8.72. The summed E-state index contributed by atoms with van der Waals surface area (Å²) in [5, 5.41) is 0. The van der Waals surface area contributed by atoms with Gasteiger partial charge in [-0.3, -0.25) is 4.79 Å². The number of rotatable bonds is 3. The second kappa shape index (κ2) is 3.95. The zero-order chi connectivity index (χ0) is 9.90. The first-order valence-corrected chi connectivity index (χ1v) is 4.95. The first kappa shape index (κ1) is 10.3. The van der Waals surface area contributed by atoms with Gasteiger partial charge >= 0.3 is 0 Å². The molecule has 0 radical (unpaired) electrons. The molecule has 0 atom stereocenters. The fourth-order valence-electron chi connectivity index (χ4n) is 1.21. The molecule has 0 aromatic rings. The number of carbonyl (C=O) groups is 1. The molecule has 1 heterocycles. The van der Waals surface area contributed by atoms with Crippen LogP contribution in [0.4, 0.5) is 0 Å². The second-order valence-corrected chi connectivity index (χ2v) is 4.13. The molecule has 0 aliphatic carbocycles. The van der Waals surface area contributed by atoms with Gasteiger partial charge in [-0.1, -0.05) is 20.8 Å². The van der Waals surface area contributed by atoms with Crippen molar-refractivity contribution in [1.29, 1.82) is 0 Å². The molecular weight excluding hydrogens is 164 g/mol. The number of ketones is 1. The van der Waals surface area contributed by atoms with Crippen molar-refractivity contribution in [3.8, 4) is 0 Å². The Kier molecular flexibility index (Phi) is 3.12. The molecule has 1 aliphatic rings. The monoisotopic (exact) mass is 182 g/mol. The third kappa shape index (κ3) is 2.33. The lowest BCUT2D eigenvalue weighted by Gasteiger charge is -2.24. The maximum absolute atomic E-state index is 11.9. The van der Waals surface area contributed by atoms with E-state index in [4.69, 9.17) is 4.74 Å². The van der Waals surface area contributed by atoms with Crippen LogP contribution in [0.1, 0.15) is 40.0 Å². The second-order valence-electron chi connectivity index (χ2n) is 4.13. The molecule has 2 nitrogen and oxygen atoms in total. The lowest BCUT2D eigenvalue weighted by Crippen LogP contribution is -2.27. The number of allylic oxidation sites excluding steroid dienone is 2. The summed E-state index contributed by atoms with van der Waals surface area (Å²) in [4.78, 5) is 11.9. The average Bonchev–Trinajstić information content (AvgIpc) is 2.18. The van der Waals surface area contributed by atoms with Crippen molar-refractivity contribution in [1.82, 2.24) is 0 Å². The lowest BCUT2D eigenvalue weighted by molar-refractivity contribution is -0.127. The largest absolute Gasteiger partial charge is 0.490 e. The van der Waals surface area contributed by atoms with Crippen molar-refractivity contribution in [2.24, 2.45) is 5.41 Å². The van der Waals surface area contributed by atoms with Crippen LogP contribution in [0.2, 0.25) is 0 Å². The third-order valence-corrected chi connectivity index (χ3v) is 2.66. The maximum Gasteiger partial charge on any atom is 0.202 e. The SMILES string of the molecule is CCC(C)(C)C(=O)C1=CCCCO1. The van der Waals surface area contributed by atoms with Crippen LogP contribution in [0.25, 0.3) is 0 Å². The highest BCUT2D eigenvalue weighted by atomic mass is 16.5. The Balaban J connectivity index is 2.71. The third-order valence-electron chi connectivity index (χ3n) is 2.66. The van der Waals surface area contributed by atoms with Crippen LogP contribution in [0.3, 0.4) is 0 Å². The van der Waals surface area contributed by atoms with Crippen LogP contribution < -0.4 is 0 Å². The maximum atomic E-state index is 11.9. The van der Waals surface area contributed by atoms with E-state index in [1.165, 1.54) is 0 Å². The van der Waals surface area contributed by atoms with Gasteiger partial charge in [-0.25, -0.2) is 0 Å². The zero-order valence-corrected chi connectivity index (χ0v) is 8.72. The van der Waals surface area contributed by atoms with Crippen molar-refractivity contribution < 1.29 is 9.53 Å². The van der Waals surface area contributed by atoms with E-state index in [0.717, 1.165) is 19.3 Å². The van der Waals surface area contributed by atoms with Gasteiger partial charge < -0.3 is 4.74 Å². The molecule has 0 spiro atoms. The van der Waals surface area contributed by atoms with Gasteiger partial charge in [-0.05, 0) is 25.3 Å². The Morgan fingerprint density at radius 2 is 2.31 bits per heavy atom. The average molecular weight is 182 g/mol. The van der Waals surface area contributed by atoms with Crippen LogP contribution in [-0.2, 0) is 9.53 Å². The molecule has 0 aromatic carbocycles. The Hall–Kier alpha value is -0.790. The molecule has 1 aliphatic heterocycles. The molecule has 0 saturated heterocycles. The van der Waals surface area contributed by atoms with Gasteiger partial charge in [0.25, 0.3) is 0 Å². The quantitative estimate of drug-likeness (QED) is 0.670. The van der Waals surface area contributed by atoms with Crippen molar-refractivity contribution in [3.05, 3.63) is 11.8 Å². The molecule has 0 saturated carbocycles. The first-order valence-electron chi connectivity index (χ1n) is 4.95.